The van der Waals surface area contributed by atoms with Gasteiger partial charge in [0, 0.05) is 24.2 Å². The molecule has 2 heterocycles. The molecule has 7 heteroatoms. The number of halogens is 2. The van der Waals surface area contributed by atoms with Crippen molar-refractivity contribution in [1.82, 2.24) is 15.0 Å². The van der Waals surface area contributed by atoms with Crippen molar-refractivity contribution in [3.8, 4) is 11.5 Å². The van der Waals surface area contributed by atoms with Crippen LogP contribution in [0, 0.1) is 0 Å². The molecule has 2 aromatic heterocycles. The van der Waals surface area contributed by atoms with Gasteiger partial charge in [0.25, 0.3) is 0 Å². The van der Waals surface area contributed by atoms with Crippen molar-refractivity contribution in [3.63, 3.8) is 0 Å². The van der Waals surface area contributed by atoms with Gasteiger partial charge < -0.3 is 9.47 Å². The molecule has 1 aliphatic rings. The van der Waals surface area contributed by atoms with E-state index in [1.165, 1.54) is 12.8 Å². The van der Waals surface area contributed by atoms with Crippen LogP contribution in [0.5, 0.6) is 11.5 Å². The Labute approximate surface area is 167 Å². The van der Waals surface area contributed by atoms with Crippen molar-refractivity contribution in [2.24, 2.45) is 0 Å². The first kappa shape index (κ1) is 18.3. The molecule has 0 amide bonds. The van der Waals surface area contributed by atoms with E-state index < -0.39 is 0 Å². The fourth-order valence-corrected chi connectivity index (χ4v) is 4.00. The number of rotatable bonds is 5. The normalized spacial score (nSPS) is 14.6. The molecule has 0 atom stereocenters. The van der Waals surface area contributed by atoms with Crippen LogP contribution in [-0.4, -0.2) is 28.2 Å². The van der Waals surface area contributed by atoms with E-state index >= 15 is 0 Å². The Morgan fingerprint density at radius 1 is 1.07 bits per heavy atom. The number of hydrogen-bond donors (Lipinski definition) is 0. The molecule has 27 heavy (non-hydrogen) atoms. The Morgan fingerprint density at radius 2 is 1.81 bits per heavy atom. The molecule has 0 aliphatic heterocycles. The monoisotopic (exact) mass is 403 g/mol. The molecule has 5 nitrogen and oxygen atoms in total. The second-order valence-electron chi connectivity index (χ2n) is 6.60. The molecule has 140 valence electrons. The van der Waals surface area contributed by atoms with Crippen molar-refractivity contribution in [1.29, 1.82) is 0 Å². The second kappa shape index (κ2) is 7.87. The standard InChI is InChI=1S/C20H19Cl2N3O2/c1-26-18-7-6-13-17(8-14-15(21)9-23-10-16(14)22)24-11-25-19(13)20(18)27-12-4-2-3-5-12/h6-7,9-12H,2-5,8H2,1H3. The zero-order valence-electron chi connectivity index (χ0n) is 14.9. The lowest BCUT2D eigenvalue weighted by Gasteiger charge is -2.18. The molecule has 0 spiro atoms. The average Bonchev–Trinajstić information content (AvgIpc) is 3.18. The highest BCUT2D eigenvalue weighted by atomic mass is 35.5. The molecule has 1 aliphatic carbocycles. The molecular weight excluding hydrogens is 385 g/mol. The minimum absolute atomic E-state index is 0.201. The largest absolute Gasteiger partial charge is 0.493 e. The lowest BCUT2D eigenvalue weighted by atomic mass is 10.1. The summed E-state index contributed by atoms with van der Waals surface area (Å²) in [6.45, 7) is 0. The Bertz CT molecular complexity index is 955. The molecule has 1 fully saturated rings. The fourth-order valence-electron chi connectivity index (χ4n) is 3.50. The highest BCUT2D eigenvalue weighted by molar-refractivity contribution is 6.35. The zero-order valence-corrected chi connectivity index (χ0v) is 16.4. The van der Waals surface area contributed by atoms with E-state index in [2.05, 4.69) is 15.0 Å². The van der Waals surface area contributed by atoms with Crippen molar-refractivity contribution in [3.05, 3.63) is 52.2 Å². The summed E-state index contributed by atoms with van der Waals surface area (Å²) in [5, 5.41) is 1.94. The molecule has 0 radical (unpaired) electrons. The van der Waals surface area contributed by atoms with E-state index in [1.807, 2.05) is 12.1 Å². The van der Waals surface area contributed by atoms with Crippen molar-refractivity contribution in [2.45, 2.75) is 38.2 Å². The van der Waals surface area contributed by atoms with Gasteiger partial charge in [0.15, 0.2) is 11.5 Å². The maximum atomic E-state index is 6.29. The highest BCUT2D eigenvalue weighted by Gasteiger charge is 2.22. The molecule has 0 saturated heterocycles. The summed E-state index contributed by atoms with van der Waals surface area (Å²) in [6, 6.07) is 3.85. The van der Waals surface area contributed by atoms with Gasteiger partial charge in [-0.15, -0.1) is 0 Å². The summed E-state index contributed by atoms with van der Waals surface area (Å²) >= 11 is 12.6. The lowest BCUT2D eigenvalue weighted by molar-refractivity contribution is 0.203. The summed E-state index contributed by atoms with van der Waals surface area (Å²) in [6.07, 6.45) is 9.89. The minimum Gasteiger partial charge on any atom is -0.493 e. The van der Waals surface area contributed by atoms with Gasteiger partial charge in [-0.25, -0.2) is 9.97 Å². The van der Waals surface area contributed by atoms with Gasteiger partial charge >= 0.3 is 0 Å². The van der Waals surface area contributed by atoms with Crippen LogP contribution < -0.4 is 9.47 Å². The van der Waals surface area contributed by atoms with Crippen LogP contribution in [0.1, 0.15) is 36.9 Å². The lowest BCUT2D eigenvalue weighted by Crippen LogP contribution is -2.12. The third kappa shape index (κ3) is 3.66. The first-order chi connectivity index (χ1) is 13.2. The number of fused-ring (bicyclic) bond motifs is 1. The molecule has 0 bridgehead atoms. The molecular formula is C20H19Cl2N3O2. The van der Waals surface area contributed by atoms with E-state index in [0.717, 1.165) is 35.0 Å². The van der Waals surface area contributed by atoms with Crippen LogP contribution in [0.2, 0.25) is 10.0 Å². The molecule has 0 N–H and O–H groups in total. The van der Waals surface area contributed by atoms with Crippen LogP contribution in [0.4, 0.5) is 0 Å². The van der Waals surface area contributed by atoms with Crippen molar-refractivity contribution in [2.75, 3.05) is 7.11 Å². The van der Waals surface area contributed by atoms with Crippen LogP contribution in [0.25, 0.3) is 10.9 Å². The maximum absolute atomic E-state index is 6.29. The fraction of sp³-hybridized carbons (Fsp3) is 0.350. The number of hydrogen-bond acceptors (Lipinski definition) is 5. The number of benzene rings is 1. The third-order valence-electron chi connectivity index (χ3n) is 4.91. The Kier molecular flexibility index (Phi) is 5.32. The Morgan fingerprint density at radius 3 is 2.52 bits per heavy atom. The zero-order chi connectivity index (χ0) is 18.8. The van der Waals surface area contributed by atoms with E-state index in [-0.39, 0.29) is 6.10 Å². The number of aromatic nitrogens is 3. The first-order valence-corrected chi connectivity index (χ1v) is 9.68. The predicted molar refractivity (Wildman–Crippen MR) is 106 cm³/mol. The summed E-state index contributed by atoms with van der Waals surface area (Å²) in [7, 11) is 1.64. The first-order valence-electron chi connectivity index (χ1n) is 8.92. The minimum atomic E-state index is 0.201. The Balaban J connectivity index is 1.79. The topological polar surface area (TPSA) is 57.1 Å². The molecule has 4 rings (SSSR count). The summed E-state index contributed by atoms with van der Waals surface area (Å²) in [5.41, 5.74) is 2.36. The van der Waals surface area contributed by atoms with Crippen LogP contribution in [0.15, 0.2) is 30.9 Å². The van der Waals surface area contributed by atoms with E-state index in [4.69, 9.17) is 32.7 Å². The number of nitrogens with zero attached hydrogens (tertiary/aromatic N) is 3. The van der Waals surface area contributed by atoms with Crippen LogP contribution in [-0.2, 0) is 6.42 Å². The third-order valence-corrected chi connectivity index (χ3v) is 5.56. The highest BCUT2D eigenvalue weighted by Crippen LogP contribution is 2.38. The summed E-state index contributed by atoms with van der Waals surface area (Å²) in [5.74, 6) is 1.36. The van der Waals surface area contributed by atoms with Gasteiger partial charge in [0.05, 0.1) is 29.0 Å². The van der Waals surface area contributed by atoms with Crippen molar-refractivity contribution >= 4 is 34.1 Å². The molecule has 0 unspecified atom stereocenters. The number of ether oxygens (including phenoxy) is 2. The average molecular weight is 404 g/mol. The van der Waals surface area contributed by atoms with Crippen LogP contribution >= 0.6 is 23.2 Å². The Hall–Kier alpha value is -2.11. The summed E-state index contributed by atoms with van der Waals surface area (Å²) < 4.78 is 11.8. The van der Waals surface area contributed by atoms with E-state index in [0.29, 0.717) is 28.0 Å². The van der Waals surface area contributed by atoms with E-state index in [9.17, 15) is 0 Å². The molecule has 3 aromatic rings. The van der Waals surface area contributed by atoms with Gasteiger partial charge in [-0.3, -0.25) is 4.98 Å². The van der Waals surface area contributed by atoms with Crippen LogP contribution in [0.3, 0.4) is 0 Å². The summed E-state index contributed by atoms with van der Waals surface area (Å²) in [4.78, 5) is 13.0. The molecule has 1 saturated carbocycles. The molecule has 1 aromatic carbocycles. The number of methoxy groups -OCH3 is 1. The van der Waals surface area contributed by atoms with Gasteiger partial charge in [-0.2, -0.15) is 0 Å². The predicted octanol–water partition coefficient (Wildman–Crippen LogP) is 5.25. The van der Waals surface area contributed by atoms with E-state index in [1.54, 1.807) is 25.8 Å². The van der Waals surface area contributed by atoms with Crippen molar-refractivity contribution < 1.29 is 9.47 Å². The van der Waals surface area contributed by atoms with Gasteiger partial charge in [0.2, 0.25) is 0 Å². The quantitative estimate of drug-likeness (QED) is 0.581. The number of pyridine rings is 1. The second-order valence-corrected chi connectivity index (χ2v) is 7.41. The maximum Gasteiger partial charge on any atom is 0.187 e. The smallest absolute Gasteiger partial charge is 0.187 e. The van der Waals surface area contributed by atoms with Gasteiger partial charge in [0.1, 0.15) is 11.8 Å². The SMILES string of the molecule is COc1ccc2c(Cc3c(Cl)cncc3Cl)ncnc2c1OC1CCCC1. The van der Waals surface area contributed by atoms with Gasteiger partial charge in [-0.05, 0) is 43.4 Å². The van der Waals surface area contributed by atoms with Gasteiger partial charge in [-0.1, -0.05) is 23.2 Å².